The Morgan fingerprint density at radius 1 is 1.16 bits per heavy atom. The van der Waals surface area contributed by atoms with Gasteiger partial charge in [0.25, 0.3) is 0 Å². The molecule has 0 amide bonds. The fourth-order valence-corrected chi connectivity index (χ4v) is 4.48. The van der Waals surface area contributed by atoms with Crippen LogP contribution < -0.4 is 10.1 Å². The van der Waals surface area contributed by atoms with Crippen LogP contribution in [0.5, 0.6) is 5.75 Å². The molecule has 7 nitrogen and oxygen atoms in total. The summed E-state index contributed by atoms with van der Waals surface area (Å²) in [5.74, 6) is -2.68. The number of rotatable bonds is 6. The SMILES string of the molecule is CCOC(=O)C1=C(C)NC2=C(C(=O)C(C(=O)OC)C(C)C2)C1c1ccccc1OCC. The highest BCUT2D eigenvalue weighted by Gasteiger charge is 2.47. The van der Waals surface area contributed by atoms with Gasteiger partial charge in [0, 0.05) is 22.5 Å². The summed E-state index contributed by atoms with van der Waals surface area (Å²) in [4.78, 5) is 39.1. The summed E-state index contributed by atoms with van der Waals surface area (Å²) in [6.45, 7) is 7.90. The first-order valence-electron chi connectivity index (χ1n) is 10.6. The number of para-hydroxylation sites is 1. The summed E-state index contributed by atoms with van der Waals surface area (Å²) >= 11 is 0. The zero-order chi connectivity index (χ0) is 22.7. The van der Waals surface area contributed by atoms with E-state index < -0.39 is 23.8 Å². The molecule has 0 fully saturated rings. The van der Waals surface area contributed by atoms with Gasteiger partial charge in [0.2, 0.25) is 0 Å². The van der Waals surface area contributed by atoms with Crippen LogP contribution in [-0.2, 0) is 23.9 Å². The third-order valence-corrected chi connectivity index (χ3v) is 5.77. The molecule has 2 aliphatic rings. The van der Waals surface area contributed by atoms with Gasteiger partial charge in [-0.2, -0.15) is 0 Å². The number of dihydropyridines is 1. The van der Waals surface area contributed by atoms with E-state index in [4.69, 9.17) is 14.2 Å². The largest absolute Gasteiger partial charge is 0.494 e. The number of carbonyl (C=O) groups is 3. The first kappa shape index (κ1) is 22.6. The van der Waals surface area contributed by atoms with E-state index in [1.165, 1.54) is 7.11 Å². The minimum atomic E-state index is -0.922. The van der Waals surface area contributed by atoms with Crippen molar-refractivity contribution in [2.24, 2.45) is 11.8 Å². The van der Waals surface area contributed by atoms with Gasteiger partial charge in [0.1, 0.15) is 11.7 Å². The smallest absolute Gasteiger partial charge is 0.336 e. The van der Waals surface area contributed by atoms with Crippen molar-refractivity contribution < 1.29 is 28.6 Å². The summed E-state index contributed by atoms with van der Waals surface area (Å²) in [6, 6.07) is 7.34. The highest BCUT2D eigenvalue weighted by atomic mass is 16.5. The quantitative estimate of drug-likeness (QED) is 0.550. The number of ketones is 1. The van der Waals surface area contributed by atoms with E-state index in [2.05, 4.69) is 5.32 Å². The second-order valence-electron chi connectivity index (χ2n) is 7.73. The van der Waals surface area contributed by atoms with Gasteiger partial charge in [-0.3, -0.25) is 9.59 Å². The van der Waals surface area contributed by atoms with Crippen molar-refractivity contribution in [2.45, 2.75) is 40.0 Å². The molecule has 0 saturated heterocycles. The summed E-state index contributed by atoms with van der Waals surface area (Å²) < 4.78 is 16.1. The Balaban J connectivity index is 2.23. The minimum absolute atomic E-state index is 0.205. The Kier molecular flexibility index (Phi) is 6.83. The zero-order valence-corrected chi connectivity index (χ0v) is 18.6. The molecule has 1 heterocycles. The molecule has 0 saturated carbocycles. The van der Waals surface area contributed by atoms with Gasteiger partial charge in [0.15, 0.2) is 5.78 Å². The first-order chi connectivity index (χ1) is 14.8. The van der Waals surface area contributed by atoms with Crippen LogP contribution in [-0.4, -0.2) is 38.0 Å². The summed E-state index contributed by atoms with van der Waals surface area (Å²) in [5, 5.41) is 3.24. The number of benzene rings is 1. The van der Waals surface area contributed by atoms with Crippen molar-refractivity contribution in [1.29, 1.82) is 0 Å². The summed E-state index contributed by atoms with van der Waals surface area (Å²) in [5.41, 5.74) is 2.78. The van der Waals surface area contributed by atoms with Crippen LogP contribution >= 0.6 is 0 Å². The van der Waals surface area contributed by atoms with E-state index in [1.54, 1.807) is 13.8 Å². The first-order valence-corrected chi connectivity index (χ1v) is 10.6. The van der Waals surface area contributed by atoms with Crippen LogP contribution in [0.15, 0.2) is 46.8 Å². The average Bonchev–Trinajstić information content (AvgIpc) is 2.73. The molecule has 1 aliphatic heterocycles. The lowest BCUT2D eigenvalue weighted by Crippen LogP contribution is -2.43. The predicted molar refractivity (Wildman–Crippen MR) is 114 cm³/mol. The summed E-state index contributed by atoms with van der Waals surface area (Å²) in [7, 11) is 1.28. The van der Waals surface area contributed by atoms with Crippen LogP contribution in [0.25, 0.3) is 0 Å². The molecular formula is C24H29NO6. The van der Waals surface area contributed by atoms with Gasteiger partial charge in [-0.15, -0.1) is 0 Å². The molecular weight excluding hydrogens is 398 g/mol. The predicted octanol–water partition coefficient (Wildman–Crippen LogP) is 3.26. The molecule has 1 N–H and O–H groups in total. The molecule has 0 bridgehead atoms. The molecule has 0 radical (unpaired) electrons. The fourth-order valence-electron chi connectivity index (χ4n) is 4.48. The lowest BCUT2D eigenvalue weighted by atomic mass is 9.69. The lowest BCUT2D eigenvalue weighted by Gasteiger charge is -2.38. The molecule has 166 valence electrons. The van der Waals surface area contributed by atoms with Crippen molar-refractivity contribution >= 4 is 17.7 Å². The average molecular weight is 427 g/mol. The van der Waals surface area contributed by atoms with Gasteiger partial charge in [-0.05, 0) is 39.2 Å². The Morgan fingerprint density at radius 2 is 1.87 bits per heavy atom. The Bertz CT molecular complexity index is 961. The van der Waals surface area contributed by atoms with Crippen LogP contribution in [0.1, 0.15) is 45.6 Å². The molecule has 1 aromatic rings. The fraction of sp³-hybridized carbons (Fsp3) is 0.458. The minimum Gasteiger partial charge on any atom is -0.494 e. The van der Waals surface area contributed by atoms with Gasteiger partial charge >= 0.3 is 11.9 Å². The Labute approximate surface area is 182 Å². The molecule has 1 aromatic carbocycles. The van der Waals surface area contributed by atoms with Crippen LogP contribution in [0.2, 0.25) is 0 Å². The normalized spacial score (nSPS) is 23.1. The van der Waals surface area contributed by atoms with E-state index in [0.29, 0.717) is 41.2 Å². The van der Waals surface area contributed by atoms with Crippen molar-refractivity contribution in [3.8, 4) is 5.75 Å². The number of ether oxygens (including phenoxy) is 3. The number of carbonyl (C=O) groups excluding carboxylic acids is 3. The maximum atomic E-state index is 13.6. The van der Waals surface area contributed by atoms with E-state index in [0.717, 1.165) is 5.70 Å². The van der Waals surface area contributed by atoms with E-state index >= 15 is 0 Å². The highest BCUT2D eigenvalue weighted by molar-refractivity contribution is 6.12. The summed E-state index contributed by atoms with van der Waals surface area (Å²) in [6.07, 6.45) is 0.488. The number of allylic oxidation sites excluding steroid dienone is 3. The van der Waals surface area contributed by atoms with Gasteiger partial charge in [-0.25, -0.2) is 4.79 Å². The zero-order valence-electron chi connectivity index (χ0n) is 18.6. The van der Waals surface area contributed by atoms with Gasteiger partial charge in [-0.1, -0.05) is 25.1 Å². The van der Waals surface area contributed by atoms with Crippen molar-refractivity contribution in [1.82, 2.24) is 5.32 Å². The number of hydrogen-bond donors (Lipinski definition) is 1. The second kappa shape index (κ2) is 9.37. The Hall–Kier alpha value is -3.09. The number of methoxy groups -OCH3 is 1. The molecule has 0 spiro atoms. The van der Waals surface area contributed by atoms with Crippen molar-refractivity contribution in [3.63, 3.8) is 0 Å². The molecule has 1 aliphatic carbocycles. The number of hydrogen-bond acceptors (Lipinski definition) is 7. The van der Waals surface area contributed by atoms with E-state index in [-0.39, 0.29) is 18.3 Å². The van der Waals surface area contributed by atoms with Crippen LogP contribution in [0.4, 0.5) is 0 Å². The molecule has 0 aromatic heterocycles. The number of esters is 2. The second-order valence-corrected chi connectivity index (χ2v) is 7.73. The topological polar surface area (TPSA) is 90.9 Å². The highest BCUT2D eigenvalue weighted by Crippen LogP contribution is 2.47. The molecule has 3 rings (SSSR count). The van der Waals surface area contributed by atoms with Crippen LogP contribution in [0.3, 0.4) is 0 Å². The maximum Gasteiger partial charge on any atom is 0.336 e. The standard InChI is InChI=1S/C24H29NO6/c1-6-30-17-11-9-8-10-15(17)20-19(24(28)31-7-2)14(4)25-16-12-13(3)18(23(27)29-5)22(26)21(16)20/h8-11,13,18,20,25H,6-7,12H2,1-5H3. The monoisotopic (exact) mass is 427 g/mol. The lowest BCUT2D eigenvalue weighted by molar-refractivity contribution is -0.151. The molecule has 3 atom stereocenters. The Morgan fingerprint density at radius 3 is 2.52 bits per heavy atom. The number of Topliss-reactive ketones (excluding diaryl/α,β-unsaturated/α-hetero) is 1. The van der Waals surface area contributed by atoms with Crippen molar-refractivity contribution in [2.75, 3.05) is 20.3 Å². The van der Waals surface area contributed by atoms with E-state index in [9.17, 15) is 14.4 Å². The van der Waals surface area contributed by atoms with Gasteiger partial charge in [0.05, 0.1) is 31.8 Å². The number of nitrogens with one attached hydrogen (secondary N) is 1. The van der Waals surface area contributed by atoms with Gasteiger partial charge < -0.3 is 19.5 Å². The van der Waals surface area contributed by atoms with E-state index in [1.807, 2.05) is 38.1 Å². The third kappa shape index (κ3) is 4.09. The maximum absolute atomic E-state index is 13.6. The third-order valence-electron chi connectivity index (χ3n) is 5.77. The molecule has 3 unspecified atom stereocenters. The van der Waals surface area contributed by atoms with Crippen LogP contribution in [0, 0.1) is 11.8 Å². The molecule has 7 heteroatoms. The molecule has 31 heavy (non-hydrogen) atoms. The van der Waals surface area contributed by atoms with Crippen molar-refractivity contribution in [3.05, 3.63) is 52.4 Å².